The predicted molar refractivity (Wildman–Crippen MR) is 28.2 cm³/mol. The van der Waals surface area contributed by atoms with Crippen molar-refractivity contribution in [3.8, 4) is 0 Å². The summed E-state index contributed by atoms with van der Waals surface area (Å²) in [6, 6.07) is 0. The molecule has 0 radical (unpaired) electrons. The summed E-state index contributed by atoms with van der Waals surface area (Å²) in [6.45, 7) is 0. The molecule has 0 N–H and O–H groups in total. The lowest BCUT2D eigenvalue weighted by Crippen LogP contribution is -1.98. The van der Waals surface area contributed by atoms with Crippen molar-refractivity contribution in [3.05, 3.63) is 4.13 Å². The lowest BCUT2D eigenvalue weighted by Gasteiger charge is -2.08. The molecule has 0 aromatic heterocycles. The van der Waals surface area contributed by atoms with Gasteiger partial charge in [-0.15, -0.1) is 3.89 Å². The monoisotopic (exact) mass is 176 g/mol. The minimum atomic E-state index is -5.24. The van der Waals surface area contributed by atoms with Crippen molar-refractivity contribution in [3.63, 3.8) is 0 Å². The molecule has 0 amide bonds. The van der Waals surface area contributed by atoms with Crippen LogP contribution in [-0.4, -0.2) is 23.1 Å². The second-order valence-electron chi connectivity index (χ2n) is 1.22. The first-order valence-corrected chi connectivity index (χ1v) is 4.78. The smallest absolute Gasteiger partial charge is 0.239 e. The zero-order valence-electron chi connectivity index (χ0n) is 4.27. The molecule has 0 fully saturated rings. The summed E-state index contributed by atoms with van der Waals surface area (Å²) in [4.78, 5) is 0. The molecule has 0 atom stereocenters. The fourth-order valence-corrected chi connectivity index (χ4v) is 1.46. The Kier molecular flexibility index (Phi) is 2.14. The summed E-state index contributed by atoms with van der Waals surface area (Å²) < 4.78 is 51.7. The van der Waals surface area contributed by atoms with E-state index in [1.54, 1.807) is 0 Å². The summed E-state index contributed by atoms with van der Waals surface area (Å²) in [7, 11) is -9.36. The van der Waals surface area contributed by atoms with E-state index in [0.717, 1.165) is 0 Å². The fraction of sp³-hybridized carbons (Fsp3) is 1.00. The quantitative estimate of drug-likeness (QED) is 0.533. The first kappa shape index (κ1) is 8.79. The summed E-state index contributed by atoms with van der Waals surface area (Å²) in [5, 5.41) is 0. The Hall–Kier alpha value is -0.210. The number of rotatable bonds is 2. The third-order valence-corrected chi connectivity index (χ3v) is 2.02. The highest BCUT2D eigenvalue weighted by atomic mass is 32.3. The third kappa shape index (κ3) is 7.79. The molecule has 0 spiro atoms. The maximum absolute atomic E-state index is 11.3. The Morgan fingerprint density at radius 2 is 1.56 bits per heavy atom. The average molecular weight is 176 g/mol. The Morgan fingerprint density at radius 3 is 1.56 bits per heavy atom. The molecule has 0 rings (SSSR count). The number of nitrogens with zero attached hydrogens (tertiary/aromatic N) is 1. The van der Waals surface area contributed by atoms with E-state index in [2.05, 4.69) is 0 Å². The van der Waals surface area contributed by atoms with Gasteiger partial charge in [-0.2, -0.15) is 0 Å². The Morgan fingerprint density at radius 1 is 1.22 bits per heavy atom. The van der Waals surface area contributed by atoms with Gasteiger partial charge in [0.15, 0.2) is 0 Å². The number of sulfonamides is 1. The highest BCUT2D eigenvalue weighted by Crippen LogP contribution is 2.07. The molecule has 0 bridgehead atoms. The molecule has 0 heterocycles. The highest BCUT2D eigenvalue weighted by molar-refractivity contribution is 8.09. The summed E-state index contributed by atoms with van der Waals surface area (Å²) in [6.07, 6.45) is 0.476. The molecule has 0 aromatic rings. The van der Waals surface area contributed by atoms with E-state index in [9.17, 15) is 20.7 Å². The predicted octanol–water partition coefficient (Wildman–Crippen LogP) is -0.466. The second-order valence-corrected chi connectivity index (χ2v) is 4.11. The van der Waals surface area contributed by atoms with Crippen LogP contribution in [0.25, 0.3) is 4.13 Å². The maximum Gasteiger partial charge on any atom is 0.239 e. The molecular formula is CH3FNO4S2-. The second kappa shape index (κ2) is 2.20. The molecule has 0 unspecified atom stereocenters. The summed E-state index contributed by atoms with van der Waals surface area (Å²) in [5.74, 6) is 0. The lowest BCUT2D eigenvalue weighted by atomic mass is 12.0. The van der Waals surface area contributed by atoms with Crippen LogP contribution in [0.2, 0.25) is 0 Å². The van der Waals surface area contributed by atoms with Gasteiger partial charge >= 0.3 is 0 Å². The van der Waals surface area contributed by atoms with Crippen LogP contribution < -0.4 is 0 Å². The number of halogens is 1. The van der Waals surface area contributed by atoms with Crippen molar-refractivity contribution in [1.82, 2.24) is 0 Å². The van der Waals surface area contributed by atoms with E-state index >= 15 is 0 Å². The molecule has 0 aromatic carbocycles. The van der Waals surface area contributed by atoms with E-state index < -0.39 is 20.4 Å². The van der Waals surface area contributed by atoms with Gasteiger partial charge < -0.3 is 4.13 Å². The Balaban J connectivity index is 4.46. The van der Waals surface area contributed by atoms with Crippen molar-refractivity contribution in [1.29, 1.82) is 0 Å². The van der Waals surface area contributed by atoms with Gasteiger partial charge in [-0.25, -0.2) is 16.8 Å². The van der Waals surface area contributed by atoms with Gasteiger partial charge in [-0.1, -0.05) is 0 Å². The third-order valence-electron chi connectivity index (χ3n) is 0.224. The first-order valence-electron chi connectivity index (χ1n) is 1.59. The van der Waals surface area contributed by atoms with Crippen LogP contribution in [-0.2, 0) is 20.4 Å². The van der Waals surface area contributed by atoms with E-state index in [1.165, 1.54) is 0 Å². The van der Waals surface area contributed by atoms with Crippen LogP contribution in [0.3, 0.4) is 0 Å². The van der Waals surface area contributed by atoms with Crippen molar-refractivity contribution < 1.29 is 20.7 Å². The van der Waals surface area contributed by atoms with Crippen LogP contribution in [0.4, 0.5) is 3.89 Å². The molecular weight excluding hydrogens is 173 g/mol. The topological polar surface area (TPSA) is 82.4 Å². The fourth-order valence-electron chi connectivity index (χ4n) is 0.162. The molecule has 0 aliphatic carbocycles. The van der Waals surface area contributed by atoms with Gasteiger partial charge in [0.05, 0.1) is 10.0 Å². The van der Waals surface area contributed by atoms with Gasteiger partial charge in [-0.3, -0.25) is 0 Å². The molecule has 8 heteroatoms. The highest BCUT2D eigenvalue weighted by Gasteiger charge is 1.97. The van der Waals surface area contributed by atoms with Gasteiger partial charge in [0.2, 0.25) is 10.4 Å². The van der Waals surface area contributed by atoms with Crippen molar-refractivity contribution in [2.75, 3.05) is 6.26 Å². The van der Waals surface area contributed by atoms with Crippen molar-refractivity contribution in [2.45, 2.75) is 0 Å². The molecule has 0 aliphatic heterocycles. The lowest BCUT2D eigenvalue weighted by molar-refractivity contribution is 0.560. The molecule has 5 nitrogen and oxygen atoms in total. The Bertz CT molecular complexity index is 244. The largest absolute Gasteiger partial charge is 0.408 e. The Labute approximate surface area is 52.3 Å². The van der Waals surface area contributed by atoms with E-state index in [1.807, 2.05) is 4.13 Å². The number of hydrogen-bond acceptors (Lipinski definition) is 4. The minimum Gasteiger partial charge on any atom is -0.408 e. The molecule has 0 saturated carbocycles. The van der Waals surface area contributed by atoms with Gasteiger partial charge in [0, 0.05) is 6.26 Å². The molecule has 56 valence electrons. The van der Waals surface area contributed by atoms with Gasteiger partial charge in [0.1, 0.15) is 0 Å². The average Bonchev–Trinajstić information content (AvgIpc) is 1.14. The van der Waals surface area contributed by atoms with Crippen molar-refractivity contribution in [2.24, 2.45) is 0 Å². The minimum absolute atomic E-state index is 0.476. The molecule has 9 heavy (non-hydrogen) atoms. The zero-order chi connectivity index (χ0) is 7.71. The summed E-state index contributed by atoms with van der Waals surface area (Å²) in [5.41, 5.74) is 0. The van der Waals surface area contributed by atoms with E-state index in [0.29, 0.717) is 6.26 Å². The van der Waals surface area contributed by atoms with Crippen molar-refractivity contribution >= 4 is 20.4 Å². The maximum atomic E-state index is 11.3. The van der Waals surface area contributed by atoms with Gasteiger partial charge in [-0.05, 0) is 0 Å². The SMILES string of the molecule is CS(=O)(=O)[N-]S(=O)(=O)F. The normalized spacial score (nSPS) is 13.6. The molecule has 0 aliphatic rings. The van der Waals surface area contributed by atoms with Crippen LogP contribution in [0.15, 0.2) is 0 Å². The van der Waals surface area contributed by atoms with Crippen LogP contribution in [0.5, 0.6) is 0 Å². The zero-order valence-corrected chi connectivity index (χ0v) is 5.91. The van der Waals surface area contributed by atoms with Gasteiger partial charge in [0.25, 0.3) is 0 Å². The van der Waals surface area contributed by atoms with E-state index in [4.69, 9.17) is 0 Å². The standard InChI is InChI=1S/CH3FNO4S2/c1-8(4,5)3-9(2,6)7/h1H3/q-1. The summed E-state index contributed by atoms with van der Waals surface area (Å²) >= 11 is 0. The van der Waals surface area contributed by atoms with Crippen LogP contribution >= 0.6 is 0 Å². The van der Waals surface area contributed by atoms with Crippen LogP contribution in [0, 0.1) is 0 Å². The first-order chi connectivity index (χ1) is 3.71. The molecule has 0 saturated heterocycles. The van der Waals surface area contributed by atoms with E-state index in [-0.39, 0.29) is 0 Å². The number of hydrogen-bond donors (Lipinski definition) is 0. The van der Waals surface area contributed by atoms with Crippen LogP contribution in [0.1, 0.15) is 0 Å².